The number of para-hydroxylation sites is 4. The Hall–Kier alpha value is -4.06. The Labute approximate surface area is 180 Å². The van der Waals surface area contributed by atoms with E-state index >= 15 is 0 Å². The predicted molar refractivity (Wildman–Crippen MR) is 120 cm³/mol. The van der Waals surface area contributed by atoms with Gasteiger partial charge in [0.1, 0.15) is 28.6 Å². The first-order chi connectivity index (χ1) is 15.1. The average molecular weight is 414 g/mol. The van der Waals surface area contributed by atoms with Gasteiger partial charge in [-0.1, -0.05) is 36.4 Å². The van der Waals surface area contributed by atoms with Crippen LogP contribution in [0.1, 0.15) is 21.7 Å². The fourth-order valence-electron chi connectivity index (χ4n) is 3.39. The molecular weight excluding hydrogens is 392 g/mol. The summed E-state index contributed by atoms with van der Waals surface area (Å²) in [5.41, 5.74) is 2.80. The summed E-state index contributed by atoms with van der Waals surface area (Å²) in [6, 6.07) is 22.1. The molecule has 0 saturated carbocycles. The Morgan fingerprint density at radius 1 is 0.839 bits per heavy atom. The molecule has 0 bridgehead atoms. The zero-order valence-electron chi connectivity index (χ0n) is 17.5. The van der Waals surface area contributed by atoms with Crippen LogP contribution in [-0.2, 0) is 11.8 Å². The average Bonchev–Trinajstić information content (AvgIpc) is 3.13. The maximum atomic E-state index is 13.0. The van der Waals surface area contributed by atoms with Gasteiger partial charge in [-0.15, -0.1) is 0 Å². The third kappa shape index (κ3) is 4.00. The van der Waals surface area contributed by atoms with Gasteiger partial charge in [-0.05, 0) is 36.4 Å². The lowest BCUT2D eigenvalue weighted by Crippen LogP contribution is -2.08. The summed E-state index contributed by atoms with van der Waals surface area (Å²) >= 11 is 0. The number of fused-ring (bicyclic) bond motifs is 1. The minimum absolute atomic E-state index is 0.326. The minimum atomic E-state index is -0.534. The molecular formula is C25H22N2O4. The van der Waals surface area contributed by atoms with Gasteiger partial charge in [0.05, 0.1) is 30.8 Å². The highest BCUT2D eigenvalue weighted by atomic mass is 16.5. The van der Waals surface area contributed by atoms with E-state index in [9.17, 15) is 4.79 Å². The molecule has 0 spiro atoms. The van der Waals surface area contributed by atoms with E-state index in [1.165, 1.54) is 7.11 Å². The molecule has 4 aromatic rings. The lowest BCUT2D eigenvalue weighted by atomic mass is 10.1. The van der Waals surface area contributed by atoms with Crippen LogP contribution in [0.4, 0.5) is 0 Å². The van der Waals surface area contributed by atoms with Gasteiger partial charge in [0.2, 0.25) is 0 Å². The smallest absolute Gasteiger partial charge is 0.347 e. The van der Waals surface area contributed by atoms with Crippen LogP contribution in [-0.4, -0.2) is 29.7 Å². The molecule has 0 atom stereocenters. The molecule has 0 N–H and O–H groups in total. The van der Waals surface area contributed by atoms with E-state index in [0.29, 0.717) is 34.2 Å². The first kappa shape index (κ1) is 20.2. The molecule has 1 heterocycles. The quantitative estimate of drug-likeness (QED) is 0.330. The highest BCUT2D eigenvalue weighted by Crippen LogP contribution is 2.31. The summed E-state index contributed by atoms with van der Waals surface area (Å²) in [5, 5.41) is 0. The van der Waals surface area contributed by atoms with Crippen LogP contribution >= 0.6 is 0 Å². The van der Waals surface area contributed by atoms with Gasteiger partial charge in [-0.2, -0.15) is 0 Å². The first-order valence-electron chi connectivity index (χ1n) is 9.74. The van der Waals surface area contributed by atoms with Gasteiger partial charge >= 0.3 is 5.97 Å². The minimum Gasteiger partial charge on any atom is -0.496 e. The Bertz CT molecular complexity index is 1270. The highest BCUT2D eigenvalue weighted by molar-refractivity contribution is 5.98. The number of carbonyl (C=O) groups is 1. The Morgan fingerprint density at radius 3 is 2.10 bits per heavy atom. The second-order valence-electron chi connectivity index (χ2n) is 6.82. The number of rotatable bonds is 6. The zero-order valence-corrected chi connectivity index (χ0v) is 17.5. The summed E-state index contributed by atoms with van der Waals surface area (Å²) in [5.74, 6) is 1.46. The monoisotopic (exact) mass is 414 g/mol. The van der Waals surface area contributed by atoms with Crippen LogP contribution in [0.15, 0.2) is 72.8 Å². The van der Waals surface area contributed by atoms with E-state index in [0.717, 1.165) is 11.0 Å². The highest BCUT2D eigenvalue weighted by Gasteiger charge is 2.19. The molecule has 0 radical (unpaired) electrons. The molecule has 1 aromatic heterocycles. The second-order valence-corrected chi connectivity index (χ2v) is 6.82. The van der Waals surface area contributed by atoms with Crippen molar-refractivity contribution in [2.75, 3.05) is 14.2 Å². The fourth-order valence-corrected chi connectivity index (χ4v) is 3.39. The summed E-state index contributed by atoms with van der Waals surface area (Å²) in [6.07, 6.45) is 1.74. The second kappa shape index (κ2) is 8.75. The van der Waals surface area contributed by atoms with Crippen molar-refractivity contribution >= 4 is 28.8 Å². The van der Waals surface area contributed by atoms with E-state index in [1.807, 2.05) is 60.1 Å². The topological polar surface area (TPSA) is 62.6 Å². The molecule has 4 rings (SSSR count). The number of carbonyl (C=O) groups excluding carboxylic acids is 1. The molecule has 156 valence electrons. The van der Waals surface area contributed by atoms with E-state index < -0.39 is 5.97 Å². The van der Waals surface area contributed by atoms with Gasteiger partial charge in [0.15, 0.2) is 0 Å². The van der Waals surface area contributed by atoms with Crippen LogP contribution in [0.25, 0.3) is 22.9 Å². The maximum Gasteiger partial charge on any atom is 0.347 e. The van der Waals surface area contributed by atoms with Crippen molar-refractivity contribution in [1.29, 1.82) is 0 Å². The van der Waals surface area contributed by atoms with Crippen LogP contribution in [0.5, 0.6) is 11.5 Å². The number of methoxy groups -OCH3 is 2. The zero-order chi connectivity index (χ0) is 21.8. The number of aryl methyl sites for hydroxylation is 1. The number of aromatic nitrogens is 2. The third-order valence-corrected chi connectivity index (χ3v) is 4.98. The standard InChI is InChI=1S/C25H22N2O4/c1-27-20-13-7-6-12-19(20)26-24(27)16-23(17-10-4-8-14-21(17)29-2)31-25(28)18-11-5-9-15-22(18)30-3/h4-16H,1-3H3/b23-16+. The van der Waals surface area contributed by atoms with Gasteiger partial charge < -0.3 is 18.8 Å². The molecule has 0 aliphatic heterocycles. The van der Waals surface area contributed by atoms with Crippen molar-refractivity contribution in [2.24, 2.45) is 7.05 Å². The normalized spacial score (nSPS) is 11.4. The van der Waals surface area contributed by atoms with E-state index in [-0.39, 0.29) is 0 Å². The van der Waals surface area contributed by atoms with Crippen molar-refractivity contribution in [3.05, 3.63) is 89.7 Å². The van der Waals surface area contributed by atoms with Gasteiger partial charge in [0, 0.05) is 13.1 Å². The lowest BCUT2D eigenvalue weighted by Gasteiger charge is -2.14. The molecule has 0 unspecified atom stereocenters. The Morgan fingerprint density at radius 2 is 1.42 bits per heavy atom. The molecule has 6 heteroatoms. The number of esters is 1. The third-order valence-electron chi connectivity index (χ3n) is 4.98. The SMILES string of the molecule is COc1ccccc1C(=O)O/C(=C/c1nc2ccccc2n1C)c1ccccc1OC. The number of hydrogen-bond donors (Lipinski definition) is 0. The molecule has 0 fully saturated rings. The molecule has 0 saturated heterocycles. The van der Waals surface area contributed by atoms with Crippen molar-refractivity contribution < 1.29 is 19.0 Å². The van der Waals surface area contributed by atoms with Gasteiger partial charge in [-0.3, -0.25) is 0 Å². The van der Waals surface area contributed by atoms with Gasteiger partial charge in [0.25, 0.3) is 0 Å². The maximum absolute atomic E-state index is 13.0. The largest absolute Gasteiger partial charge is 0.496 e. The van der Waals surface area contributed by atoms with E-state index in [4.69, 9.17) is 14.2 Å². The molecule has 0 aliphatic rings. The van der Waals surface area contributed by atoms with Crippen molar-refractivity contribution in [3.63, 3.8) is 0 Å². The number of benzene rings is 3. The molecule has 0 amide bonds. The fraction of sp³-hybridized carbons (Fsp3) is 0.120. The predicted octanol–water partition coefficient (Wildman–Crippen LogP) is 4.95. The van der Waals surface area contributed by atoms with Crippen molar-refractivity contribution in [3.8, 4) is 11.5 Å². The van der Waals surface area contributed by atoms with Crippen LogP contribution in [0.2, 0.25) is 0 Å². The number of nitrogens with zero attached hydrogens (tertiary/aromatic N) is 2. The van der Waals surface area contributed by atoms with E-state index in [1.54, 1.807) is 37.5 Å². The summed E-state index contributed by atoms with van der Waals surface area (Å²) in [4.78, 5) is 17.7. The number of imidazole rings is 1. The summed E-state index contributed by atoms with van der Waals surface area (Å²) < 4.78 is 18.6. The van der Waals surface area contributed by atoms with Crippen LogP contribution < -0.4 is 9.47 Å². The van der Waals surface area contributed by atoms with Crippen molar-refractivity contribution in [1.82, 2.24) is 9.55 Å². The first-order valence-corrected chi connectivity index (χ1v) is 9.74. The summed E-state index contributed by atoms with van der Waals surface area (Å²) in [7, 11) is 5.01. The van der Waals surface area contributed by atoms with Crippen LogP contribution in [0, 0.1) is 0 Å². The Balaban J connectivity index is 1.82. The number of ether oxygens (including phenoxy) is 3. The van der Waals surface area contributed by atoms with Gasteiger partial charge in [-0.25, -0.2) is 9.78 Å². The van der Waals surface area contributed by atoms with Crippen LogP contribution in [0.3, 0.4) is 0 Å². The lowest BCUT2D eigenvalue weighted by molar-refractivity contribution is 0.0689. The van der Waals surface area contributed by atoms with E-state index in [2.05, 4.69) is 4.98 Å². The van der Waals surface area contributed by atoms with Crippen molar-refractivity contribution in [2.45, 2.75) is 0 Å². The molecule has 31 heavy (non-hydrogen) atoms. The molecule has 3 aromatic carbocycles. The Kier molecular flexibility index (Phi) is 5.71. The summed E-state index contributed by atoms with van der Waals surface area (Å²) in [6.45, 7) is 0. The number of hydrogen-bond acceptors (Lipinski definition) is 5. The molecule has 0 aliphatic carbocycles. The molecule has 6 nitrogen and oxygen atoms in total.